The summed E-state index contributed by atoms with van der Waals surface area (Å²) >= 11 is 5.95. The molecule has 0 saturated carbocycles. The number of nitrogens with zero attached hydrogens (tertiary/aromatic N) is 2. The zero-order chi connectivity index (χ0) is 21.2. The van der Waals surface area contributed by atoms with Crippen LogP contribution in [0.3, 0.4) is 0 Å². The van der Waals surface area contributed by atoms with Crippen molar-refractivity contribution in [2.45, 2.75) is 12.7 Å². The summed E-state index contributed by atoms with van der Waals surface area (Å²) in [4.78, 5) is 25.9. The van der Waals surface area contributed by atoms with Crippen LogP contribution in [0, 0.1) is 0 Å². The van der Waals surface area contributed by atoms with Crippen LogP contribution in [0.5, 0.6) is 0 Å². The number of hydrogen-bond donors (Lipinski definition) is 0. The molecule has 0 spiro atoms. The van der Waals surface area contributed by atoms with Gasteiger partial charge in [0.05, 0.1) is 22.5 Å². The quantitative estimate of drug-likeness (QED) is 0.388. The van der Waals surface area contributed by atoms with Crippen molar-refractivity contribution < 1.29 is 18.0 Å². The Morgan fingerprint density at radius 1 is 0.967 bits per heavy atom. The van der Waals surface area contributed by atoms with Crippen LogP contribution in [0.25, 0.3) is 22.3 Å². The molecule has 1 aliphatic heterocycles. The lowest BCUT2D eigenvalue weighted by Gasteiger charge is -2.18. The monoisotopic (exact) mass is 428 g/mol. The van der Waals surface area contributed by atoms with E-state index in [-0.39, 0.29) is 23.0 Å². The first-order chi connectivity index (χ1) is 14.3. The van der Waals surface area contributed by atoms with Gasteiger partial charge in [-0.1, -0.05) is 23.7 Å². The molecule has 0 atom stereocenters. The highest BCUT2D eigenvalue weighted by Crippen LogP contribution is 2.36. The van der Waals surface area contributed by atoms with Crippen LogP contribution in [0.4, 0.5) is 13.2 Å². The van der Waals surface area contributed by atoms with Crippen LogP contribution in [-0.2, 0) is 12.7 Å². The molecule has 1 aliphatic rings. The van der Waals surface area contributed by atoms with E-state index in [0.717, 1.165) is 23.8 Å². The first-order valence-electron chi connectivity index (χ1n) is 9.00. The average molecular weight is 429 g/mol. The summed E-state index contributed by atoms with van der Waals surface area (Å²) in [6.45, 7) is 0.163. The van der Waals surface area contributed by atoms with Gasteiger partial charge in [0, 0.05) is 23.2 Å². The third-order valence-corrected chi connectivity index (χ3v) is 5.52. The molecular weight excluding hydrogens is 417 g/mol. The van der Waals surface area contributed by atoms with E-state index in [1.807, 2.05) is 0 Å². The van der Waals surface area contributed by atoms with Gasteiger partial charge in [0.1, 0.15) is 5.56 Å². The molecule has 3 heterocycles. The molecule has 2 aromatic heterocycles. The largest absolute Gasteiger partial charge is 0.416 e. The molecule has 0 aliphatic carbocycles. The van der Waals surface area contributed by atoms with E-state index in [9.17, 15) is 22.8 Å². The van der Waals surface area contributed by atoms with E-state index in [1.54, 1.807) is 41.0 Å². The van der Waals surface area contributed by atoms with Gasteiger partial charge in [0.25, 0.3) is 5.91 Å². The molecule has 0 unspecified atom stereocenters. The van der Waals surface area contributed by atoms with Crippen LogP contribution >= 0.6 is 11.6 Å². The van der Waals surface area contributed by atoms with E-state index in [0.29, 0.717) is 16.4 Å². The number of carbonyl (C=O) groups is 1. The van der Waals surface area contributed by atoms with E-state index in [1.165, 1.54) is 10.8 Å². The number of hydrogen-bond acceptors (Lipinski definition) is 2. The molecule has 4 nitrogen and oxygen atoms in total. The Hall–Kier alpha value is -3.32. The van der Waals surface area contributed by atoms with Crippen LogP contribution in [-0.4, -0.2) is 15.0 Å². The Balaban J connectivity index is 1.88. The van der Waals surface area contributed by atoms with Gasteiger partial charge >= 0.3 is 6.18 Å². The number of carbonyl (C=O) groups excluding carboxylic acids is 1. The number of alkyl halides is 3. The highest BCUT2D eigenvalue weighted by Gasteiger charge is 2.35. The van der Waals surface area contributed by atoms with E-state index in [4.69, 9.17) is 11.6 Å². The van der Waals surface area contributed by atoms with Gasteiger partial charge in [0.15, 0.2) is 0 Å². The molecule has 0 N–H and O–H groups in total. The highest BCUT2D eigenvalue weighted by atomic mass is 35.5. The summed E-state index contributed by atoms with van der Waals surface area (Å²) in [5.41, 5.74) is 0.199. The van der Waals surface area contributed by atoms with Gasteiger partial charge in [0.2, 0.25) is 5.43 Å². The third-order valence-electron chi connectivity index (χ3n) is 5.27. The number of fused-ring (bicyclic) bond motifs is 4. The third kappa shape index (κ3) is 2.69. The summed E-state index contributed by atoms with van der Waals surface area (Å²) in [6, 6.07) is 13.1. The lowest BCUT2D eigenvalue weighted by atomic mass is 10.0. The van der Waals surface area contributed by atoms with Gasteiger partial charge in [-0.25, -0.2) is 0 Å². The fraction of sp³-hybridized carbons (Fsp3) is 0.0909. The molecule has 2 aromatic carbocycles. The zero-order valence-electron chi connectivity index (χ0n) is 15.2. The molecule has 0 saturated heterocycles. The Bertz CT molecular complexity index is 1400. The van der Waals surface area contributed by atoms with Crippen molar-refractivity contribution in [3.63, 3.8) is 0 Å². The maximum absolute atomic E-state index is 13.4. The lowest BCUT2D eigenvalue weighted by molar-refractivity contribution is -0.137. The molecule has 8 heteroatoms. The van der Waals surface area contributed by atoms with E-state index >= 15 is 0 Å². The highest BCUT2D eigenvalue weighted by molar-refractivity contribution is 6.30. The fourth-order valence-corrected chi connectivity index (χ4v) is 4.02. The number of aromatic nitrogens is 2. The van der Waals surface area contributed by atoms with Gasteiger partial charge in [-0.2, -0.15) is 13.2 Å². The van der Waals surface area contributed by atoms with Crippen molar-refractivity contribution >= 4 is 28.4 Å². The van der Waals surface area contributed by atoms with Gasteiger partial charge in [-0.15, -0.1) is 0 Å². The standard InChI is InChI=1S/C22H12ClF3N2O2/c23-14-6-3-12(4-7-14)11-28-17-10-13(22(24,25)26)5-8-15(17)20(29)18-19(28)16-2-1-9-27(16)21(18)30/h1-10H,11H2. The molecule has 0 amide bonds. The fourth-order valence-electron chi connectivity index (χ4n) is 3.89. The summed E-state index contributed by atoms with van der Waals surface area (Å²) < 4.78 is 43.1. The van der Waals surface area contributed by atoms with Crippen molar-refractivity contribution in [1.82, 2.24) is 9.13 Å². The minimum absolute atomic E-state index is 0.0353. The number of benzene rings is 2. The van der Waals surface area contributed by atoms with Gasteiger partial charge in [-0.3, -0.25) is 14.2 Å². The summed E-state index contributed by atoms with van der Waals surface area (Å²) in [7, 11) is 0. The Morgan fingerprint density at radius 3 is 2.40 bits per heavy atom. The summed E-state index contributed by atoms with van der Waals surface area (Å²) in [6.07, 6.45) is -3.03. The van der Waals surface area contributed by atoms with Crippen LogP contribution in [0.1, 0.15) is 21.5 Å². The number of pyridine rings is 1. The normalized spacial score (nSPS) is 13.0. The van der Waals surface area contributed by atoms with E-state index in [2.05, 4.69) is 0 Å². The predicted molar refractivity (Wildman–Crippen MR) is 107 cm³/mol. The summed E-state index contributed by atoms with van der Waals surface area (Å²) in [5, 5.41) is 0.590. The molecule has 30 heavy (non-hydrogen) atoms. The lowest BCUT2D eigenvalue weighted by Crippen LogP contribution is -2.21. The second kappa shape index (κ2) is 6.34. The maximum atomic E-state index is 13.4. The van der Waals surface area contributed by atoms with Gasteiger partial charge < -0.3 is 4.57 Å². The first kappa shape index (κ1) is 18.7. The van der Waals surface area contributed by atoms with Crippen molar-refractivity contribution in [1.29, 1.82) is 0 Å². The molecule has 0 bridgehead atoms. The Kier molecular flexibility index (Phi) is 3.95. The molecular formula is C22H12ClF3N2O2. The maximum Gasteiger partial charge on any atom is 0.416 e. The summed E-state index contributed by atoms with van der Waals surface area (Å²) in [5.74, 6) is -0.485. The molecule has 150 valence electrons. The minimum atomic E-state index is -4.57. The molecule has 0 fully saturated rings. The van der Waals surface area contributed by atoms with Gasteiger partial charge in [-0.05, 0) is 48.0 Å². The second-order valence-corrected chi connectivity index (χ2v) is 7.50. The van der Waals surface area contributed by atoms with Crippen LogP contribution < -0.4 is 5.43 Å². The van der Waals surface area contributed by atoms with Crippen molar-refractivity contribution in [2.75, 3.05) is 0 Å². The number of rotatable bonds is 2. The van der Waals surface area contributed by atoms with Crippen molar-refractivity contribution in [3.8, 4) is 11.4 Å². The SMILES string of the molecule is O=C1c2c(n(Cc3ccc(Cl)cc3)c3cc(C(F)(F)F)ccc3c2=O)-c2cccn21. The van der Waals surface area contributed by atoms with Crippen LogP contribution in [0.2, 0.25) is 5.02 Å². The zero-order valence-corrected chi connectivity index (χ0v) is 16.0. The first-order valence-corrected chi connectivity index (χ1v) is 9.38. The molecule has 5 rings (SSSR count). The second-order valence-electron chi connectivity index (χ2n) is 7.06. The Morgan fingerprint density at radius 2 is 1.70 bits per heavy atom. The van der Waals surface area contributed by atoms with E-state index < -0.39 is 23.1 Å². The molecule has 0 radical (unpaired) electrons. The smallest absolute Gasteiger partial charge is 0.334 e. The molecule has 4 aromatic rings. The van der Waals surface area contributed by atoms with Crippen molar-refractivity contribution in [2.24, 2.45) is 0 Å². The Labute approximate surface area is 172 Å². The van der Waals surface area contributed by atoms with Crippen molar-refractivity contribution in [3.05, 3.63) is 92.7 Å². The number of halogens is 4. The predicted octanol–water partition coefficient (Wildman–Crippen LogP) is 5.19. The topological polar surface area (TPSA) is 44.0 Å². The van der Waals surface area contributed by atoms with Crippen LogP contribution in [0.15, 0.2) is 65.6 Å². The minimum Gasteiger partial charge on any atom is -0.334 e. The average Bonchev–Trinajstić information content (AvgIpc) is 3.28.